The van der Waals surface area contributed by atoms with Gasteiger partial charge >= 0.3 is 0 Å². The second-order valence-electron chi connectivity index (χ2n) is 6.44. The minimum atomic E-state index is -0.233. The van der Waals surface area contributed by atoms with E-state index in [9.17, 15) is 9.59 Å². The van der Waals surface area contributed by atoms with E-state index in [-0.39, 0.29) is 36.6 Å². The highest BCUT2D eigenvalue weighted by Gasteiger charge is 2.28. The minimum absolute atomic E-state index is 0. The van der Waals surface area contributed by atoms with Gasteiger partial charge in [0.05, 0.1) is 11.1 Å². The average Bonchev–Trinajstić information content (AvgIpc) is 3.03. The fourth-order valence-corrected chi connectivity index (χ4v) is 4.40. The third kappa shape index (κ3) is 5.44. The first-order valence-corrected chi connectivity index (χ1v) is 9.69. The summed E-state index contributed by atoms with van der Waals surface area (Å²) in [5, 5.41) is 6.67. The number of aromatic nitrogens is 1. The van der Waals surface area contributed by atoms with Crippen LogP contribution in [0.2, 0.25) is 0 Å². The van der Waals surface area contributed by atoms with E-state index in [0.717, 1.165) is 37.8 Å². The molecule has 2 aromatic rings. The highest BCUT2D eigenvalue weighted by Crippen LogP contribution is 2.39. The zero-order valence-electron chi connectivity index (χ0n) is 16.0. The number of nitrogens with zero attached hydrogens (tertiary/aromatic N) is 2. The molecule has 2 aromatic heterocycles. The summed E-state index contributed by atoms with van der Waals surface area (Å²) in [5.74, 6) is -0.259. The second kappa shape index (κ2) is 11.4. The number of pyridine rings is 1. The second-order valence-corrected chi connectivity index (χ2v) is 7.55. The molecule has 0 bridgehead atoms. The standard InChI is InChI=1S/C19H24N4O2S.2ClH/c1-20-10-11-23(2)19(25)16-14-7-3-4-8-15(14)26-18(16)22-17(24)13-6-5-9-21-12-13;;/h5-6,9,12,20H,3-4,7-8,10-11H2,1-2H3,(H,22,24);2*1H. The Balaban J connectivity index is 0.00000196. The van der Waals surface area contributed by atoms with Crippen molar-refractivity contribution in [3.05, 3.63) is 46.1 Å². The Morgan fingerprint density at radius 1 is 1.25 bits per heavy atom. The van der Waals surface area contributed by atoms with Gasteiger partial charge in [0.1, 0.15) is 5.00 Å². The Morgan fingerprint density at radius 2 is 2.00 bits per heavy atom. The number of aryl methyl sites for hydroxylation is 1. The number of carbonyl (C=O) groups excluding carboxylic acids is 2. The van der Waals surface area contributed by atoms with E-state index in [0.29, 0.717) is 22.7 Å². The number of likely N-dealkylation sites (N-methyl/N-ethyl adjacent to an activating group) is 2. The molecule has 154 valence electrons. The largest absolute Gasteiger partial charge is 0.340 e. The maximum absolute atomic E-state index is 13.1. The fourth-order valence-electron chi connectivity index (χ4n) is 3.12. The number of fused-ring (bicyclic) bond motifs is 1. The molecule has 1 aliphatic carbocycles. The number of rotatable bonds is 6. The molecule has 28 heavy (non-hydrogen) atoms. The van der Waals surface area contributed by atoms with Crippen LogP contribution in [0.25, 0.3) is 0 Å². The average molecular weight is 445 g/mol. The van der Waals surface area contributed by atoms with Crippen LogP contribution in [0.1, 0.15) is 44.0 Å². The summed E-state index contributed by atoms with van der Waals surface area (Å²) in [7, 11) is 3.67. The zero-order chi connectivity index (χ0) is 18.5. The summed E-state index contributed by atoms with van der Waals surface area (Å²) in [6.07, 6.45) is 7.25. The number of carbonyl (C=O) groups is 2. The van der Waals surface area contributed by atoms with Crippen molar-refractivity contribution >= 4 is 53.0 Å². The first kappa shape index (κ1) is 24.4. The highest BCUT2D eigenvalue weighted by molar-refractivity contribution is 7.17. The Bertz CT molecular complexity index is 799. The van der Waals surface area contributed by atoms with E-state index < -0.39 is 0 Å². The number of thiophene rings is 1. The van der Waals surface area contributed by atoms with Crippen LogP contribution in [0.3, 0.4) is 0 Å². The molecule has 2 heterocycles. The van der Waals surface area contributed by atoms with Crippen molar-refractivity contribution in [1.82, 2.24) is 15.2 Å². The number of amides is 2. The number of nitrogens with one attached hydrogen (secondary N) is 2. The van der Waals surface area contributed by atoms with Gasteiger partial charge in [0, 0.05) is 37.4 Å². The molecule has 2 N–H and O–H groups in total. The van der Waals surface area contributed by atoms with E-state index in [2.05, 4.69) is 15.6 Å². The normalized spacial score (nSPS) is 12.2. The summed E-state index contributed by atoms with van der Waals surface area (Å²) in [5.41, 5.74) is 2.27. The van der Waals surface area contributed by atoms with Crippen molar-refractivity contribution in [2.45, 2.75) is 25.7 Å². The van der Waals surface area contributed by atoms with Crippen LogP contribution in [0.5, 0.6) is 0 Å². The molecule has 0 radical (unpaired) electrons. The van der Waals surface area contributed by atoms with E-state index in [1.165, 1.54) is 22.4 Å². The van der Waals surface area contributed by atoms with Gasteiger partial charge in [0.15, 0.2) is 0 Å². The van der Waals surface area contributed by atoms with Crippen LogP contribution in [-0.4, -0.2) is 48.9 Å². The lowest BCUT2D eigenvalue weighted by molar-refractivity contribution is 0.0797. The molecule has 0 aromatic carbocycles. The minimum Gasteiger partial charge on any atom is -0.340 e. The molecule has 0 unspecified atom stereocenters. The molecule has 2 amide bonds. The van der Waals surface area contributed by atoms with Gasteiger partial charge in [-0.2, -0.15) is 0 Å². The molecule has 0 spiro atoms. The molecular weight excluding hydrogens is 419 g/mol. The Morgan fingerprint density at radius 3 is 2.68 bits per heavy atom. The van der Waals surface area contributed by atoms with Crippen LogP contribution >= 0.6 is 36.2 Å². The Kier molecular flexibility index (Phi) is 9.89. The number of anilines is 1. The monoisotopic (exact) mass is 444 g/mol. The van der Waals surface area contributed by atoms with E-state index >= 15 is 0 Å². The smallest absolute Gasteiger partial charge is 0.257 e. The summed E-state index contributed by atoms with van der Waals surface area (Å²) in [6.45, 7) is 1.35. The quantitative estimate of drug-likeness (QED) is 0.715. The molecule has 6 nitrogen and oxygen atoms in total. The molecule has 0 atom stereocenters. The van der Waals surface area contributed by atoms with Gasteiger partial charge in [-0.1, -0.05) is 0 Å². The molecule has 1 aliphatic rings. The van der Waals surface area contributed by atoms with E-state index in [1.54, 1.807) is 30.3 Å². The van der Waals surface area contributed by atoms with Gasteiger partial charge in [0.25, 0.3) is 11.8 Å². The maximum Gasteiger partial charge on any atom is 0.257 e. The predicted molar refractivity (Wildman–Crippen MR) is 119 cm³/mol. The number of hydrogen-bond acceptors (Lipinski definition) is 5. The Labute approximate surface area is 181 Å². The van der Waals surface area contributed by atoms with Crippen molar-refractivity contribution < 1.29 is 9.59 Å². The molecule has 0 saturated carbocycles. The van der Waals surface area contributed by atoms with Crippen LogP contribution in [-0.2, 0) is 12.8 Å². The maximum atomic E-state index is 13.1. The molecular formula is C19H26Cl2N4O2S. The fraction of sp³-hybridized carbons (Fsp3) is 0.421. The van der Waals surface area contributed by atoms with Gasteiger partial charge in [-0.3, -0.25) is 14.6 Å². The van der Waals surface area contributed by atoms with Crippen LogP contribution in [0.4, 0.5) is 5.00 Å². The summed E-state index contributed by atoms with van der Waals surface area (Å²) >= 11 is 1.54. The number of hydrogen-bond donors (Lipinski definition) is 2. The van der Waals surface area contributed by atoms with E-state index in [4.69, 9.17) is 0 Å². The van der Waals surface area contributed by atoms with Crippen molar-refractivity contribution in [2.24, 2.45) is 0 Å². The lowest BCUT2D eigenvalue weighted by Gasteiger charge is -2.19. The molecule has 0 saturated heterocycles. The lowest BCUT2D eigenvalue weighted by atomic mass is 9.95. The van der Waals surface area contributed by atoms with Crippen LogP contribution in [0.15, 0.2) is 24.5 Å². The molecule has 0 fully saturated rings. The predicted octanol–water partition coefficient (Wildman–Crippen LogP) is 3.41. The first-order valence-electron chi connectivity index (χ1n) is 8.87. The zero-order valence-corrected chi connectivity index (χ0v) is 18.4. The van der Waals surface area contributed by atoms with Crippen molar-refractivity contribution in [3.63, 3.8) is 0 Å². The summed E-state index contributed by atoms with van der Waals surface area (Å²) in [4.78, 5) is 32.6. The Hall–Kier alpha value is -1.67. The van der Waals surface area contributed by atoms with Crippen molar-refractivity contribution in [1.29, 1.82) is 0 Å². The van der Waals surface area contributed by atoms with Crippen molar-refractivity contribution in [2.75, 3.05) is 32.5 Å². The van der Waals surface area contributed by atoms with Gasteiger partial charge in [-0.25, -0.2) is 0 Å². The molecule has 0 aliphatic heterocycles. The van der Waals surface area contributed by atoms with Gasteiger partial charge < -0.3 is 15.5 Å². The highest BCUT2D eigenvalue weighted by atomic mass is 35.5. The van der Waals surface area contributed by atoms with Gasteiger partial charge in [0.2, 0.25) is 0 Å². The first-order chi connectivity index (χ1) is 12.6. The number of halogens is 2. The topological polar surface area (TPSA) is 74.3 Å². The summed E-state index contributed by atoms with van der Waals surface area (Å²) < 4.78 is 0. The lowest BCUT2D eigenvalue weighted by Crippen LogP contribution is -2.33. The van der Waals surface area contributed by atoms with Crippen LogP contribution < -0.4 is 10.6 Å². The molecule has 3 rings (SSSR count). The third-order valence-corrected chi connectivity index (χ3v) is 5.79. The van der Waals surface area contributed by atoms with Crippen molar-refractivity contribution in [3.8, 4) is 0 Å². The van der Waals surface area contributed by atoms with E-state index in [1.807, 2.05) is 7.05 Å². The molecule has 9 heteroatoms. The summed E-state index contributed by atoms with van der Waals surface area (Å²) in [6, 6.07) is 3.45. The van der Waals surface area contributed by atoms with Crippen LogP contribution in [0, 0.1) is 0 Å². The third-order valence-electron chi connectivity index (χ3n) is 4.58. The van der Waals surface area contributed by atoms with Gasteiger partial charge in [-0.05, 0) is 50.4 Å². The SMILES string of the molecule is CNCCN(C)C(=O)c1c(NC(=O)c2cccnc2)sc2c1CCCC2.Cl.Cl. The van der Waals surface area contributed by atoms with Gasteiger partial charge in [-0.15, -0.1) is 36.2 Å².